The highest BCUT2D eigenvalue weighted by Gasteiger charge is 2.10. The van der Waals surface area contributed by atoms with Crippen LogP contribution in [0.25, 0.3) is 0 Å². The first-order valence-corrected chi connectivity index (χ1v) is 8.44. The smallest absolute Gasteiger partial charge is 0.232 e. The summed E-state index contributed by atoms with van der Waals surface area (Å²) in [4.78, 5) is 25.6. The number of aromatic nitrogens is 3. The molecule has 0 saturated heterocycles. The van der Waals surface area contributed by atoms with E-state index in [1.165, 1.54) is 22.7 Å². The van der Waals surface area contributed by atoms with Gasteiger partial charge in [-0.2, -0.15) is 0 Å². The molecule has 4 N–H and O–H groups in total. The van der Waals surface area contributed by atoms with Crippen molar-refractivity contribution in [2.24, 2.45) is 0 Å². The number of nitrogens with zero attached hydrogens (tertiary/aromatic N) is 3. The van der Waals surface area contributed by atoms with E-state index in [0.29, 0.717) is 27.6 Å². The predicted molar refractivity (Wildman–Crippen MR) is 93.2 cm³/mol. The quantitative estimate of drug-likeness (QED) is 0.656. The van der Waals surface area contributed by atoms with E-state index in [1.807, 2.05) is 18.4 Å². The van der Waals surface area contributed by atoms with E-state index < -0.39 is 0 Å². The van der Waals surface area contributed by atoms with Crippen molar-refractivity contribution in [3.63, 3.8) is 0 Å². The monoisotopic (exact) mass is 346 g/mol. The summed E-state index contributed by atoms with van der Waals surface area (Å²) in [5, 5.41) is 8.93. The first kappa shape index (κ1) is 15.4. The number of hydrogen-bond acceptors (Lipinski definition) is 8. The van der Waals surface area contributed by atoms with Crippen LogP contribution in [0.4, 0.5) is 21.9 Å². The van der Waals surface area contributed by atoms with Gasteiger partial charge in [-0.3, -0.25) is 4.79 Å². The lowest BCUT2D eigenvalue weighted by Crippen LogP contribution is -2.14. The minimum absolute atomic E-state index is 0.140. The van der Waals surface area contributed by atoms with Crippen molar-refractivity contribution in [2.45, 2.75) is 13.3 Å². The SMILES string of the molecule is Cc1cnc(NC(=O)Cc2csc(Nc3cccc(N)n3)n2)s1. The van der Waals surface area contributed by atoms with E-state index >= 15 is 0 Å². The molecule has 0 spiro atoms. The van der Waals surface area contributed by atoms with Gasteiger partial charge in [-0.15, -0.1) is 22.7 Å². The number of nitrogens with one attached hydrogen (secondary N) is 2. The number of hydrogen-bond donors (Lipinski definition) is 3. The van der Waals surface area contributed by atoms with Crippen LogP contribution in [-0.2, 0) is 11.2 Å². The number of carbonyl (C=O) groups excluding carboxylic acids is 1. The molecule has 3 rings (SSSR count). The molecular formula is C14H14N6OS2. The fraction of sp³-hybridized carbons (Fsp3) is 0.143. The fourth-order valence-corrected chi connectivity index (χ4v) is 3.21. The molecule has 3 aromatic heterocycles. The van der Waals surface area contributed by atoms with Crippen LogP contribution in [0.5, 0.6) is 0 Å². The summed E-state index contributed by atoms with van der Waals surface area (Å²) in [5.41, 5.74) is 6.32. The van der Waals surface area contributed by atoms with E-state index in [2.05, 4.69) is 25.6 Å². The standard InChI is InChI=1S/C14H14N6OS2/c1-8-6-16-13(23-8)20-12(21)5-9-7-22-14(17-9)19-11-4-2-3-10(15)18-11/h2-4,6-7H,5H2,1H3,(H,16,20,21)(H3,15,17,18,19). The summed E-state index contributed by atoms with van der Waals surface area (Å²) in [6.07, 6.45) is 1.92. The largest absolute Gasteiger partial charge is 0.384 e. The Hall–Kier alpha value is -2.52. The summed E-state index contributed by atoms with van der Waals surface area (Å²) in [5.74, 6) is 0.914. The Balaban J connectivity index is 1.59. The molecular weight excluding hydrogens is 332 g/mol. The maximum Gasteiger partial charge on any atom is 0.232 e. The average molecular weight is 346 g/mol. The van der Waals surface area contributed by atoms with Gasteiger partial charge in [0.2, 0.25) is 5.91 Å². The van der Waals surface area contributed by atoms with Gasteiger partial charge in [0.25, 0.3) is 0 Å². The second-order valence-electron chi connectivity index (χ2n) is 4.72. The Kier molecular flexibility index (Phi) is 4.49. The highest BCUT2D eigenvalue weighted by atomic mass is 32.1. The van der Waals surface area contributed by atoms with Crippen molar-refractivity contribution >= 4 is 50.5 Å². The molecule has 1 amide bonds. The van der Waals surface area contributed by atoms with Crippen LogP contribution in [0.2, 0.25) is 0 Å². The van der Waals surface area contributed by atoms with E-state index in [4.69, 9.17) is 5.73 Å². The van der Waals surface area contributed by atoms with Crippen molar-refractivity contribution in [3.05, 3.63) is 40.3 Å². The van der Waals surface area contributed by atoms with E-state index in [1.54, 1.807) is 18.3 Å². The van der Waals surface area contributed by atoms with Gasteiger partial charge in [-0.25, -0.2) is 15.0 Å². The number of thiazole rings is 2. The van der Waals surface area contributed by atoms with Gasteiger partial charge in [-0.1, -0.05) is 6.07 Å². The van der Waals surface area contributed by atoms with E-state index in [9.17, 15) is 4.79 Å². The van der Waals surface area contributed by atoms with Crippen LogP contribution in [0.1, 0.15) is 10.6 Å². The molecule has 3 heterocycles. The minimum atomic E-state index is -0.140. The van der Waals surface area contributed by atoms with Gasteiger partial charge in [0.1, 0.15) is 11.6 Å². The summed E-state index contributed by atoms with van der Waals surface area (Å²) < 4.78 is 0. The topological polar surface area (TPSA) is 106 Å². The number of anilines is 4. The zero-order valence-corrected chi connectivity index (χ0v) is 13.9. The molecule has 7 nitrogen and oxygen atoms in total. The highest BCUT2D eigenvalue weighted by Crippen LogP contribution is 2.21. The van der Waals surface area contributed by atoms with Gasteiger partial charge >= 0.3 is 0 Å². The molecule has 118 valence electrons. The Morgan fingerprint density at radius 2 is 2.17 bits per heavy atom. The zero-order chi connectivity index (χ0) is 16.2. The summed E-state index contributed by atoms with van der Waals surface area (Å²) >= 11 is 2.85. The first-order valence-electron chi connectivity index (χ1n) is 6.75. The number of rotatable bonds is 5. The molecule has 0 aliphatic rings. The molecule has 0 saturated carbocycles. The first-order chi connectivity index (χ1) is 11.1. The van der Waals surface area contributed by atoms with Crippen molar-refractivity contribution in [2.75, 3.05) is 16.4 Å². The van der Waals surface area contributed by atoms with Crippen molar-refractivity contribution < 1.29 is 4.79 Å². The minimum Gasteiger partial charge on any atom is -0.384 e. The van der Waals surface area contributed by atoms with E-state index in [-0.39, 0.29) is 12.3 Å². The Morgan fingerprint density at radius 1 is 1.30 bits per heavy atom. The van der Waals surface area contributed by atoms with Crippen LogP contribution in [-0.4, -0.2) is 20.9 Å². The predicted octanol–water partition coefficient (Wildman–Crippen LogP) is 2.81. The number of pyridine rings is 1. The number of aryl methyl sites for hydroxylation is 1. The Bertz CT molecular complexity index is 828. The Morgan fingerprint density at radius 3 is 2.91 bits per heavy atom. The van der Waals surface area contributed by atoms with Crippen molar-refractivity contribution in [3.8, 4) is 0 Å². The van der Waals surface area contributed by atoms with Crippen LogP contribution in [0, 0.1) is 6.92 Å². The van der Waals surface area contributed by atoms with Gasteiger partial charge in [-0.05, 0) is 19.1 Å². The third-order valence-electron chi connectivity index (χ3n) is 2.77. The normalized spacial score (nSPS) is 10.5. The molecule has 0 aliphatic carbocycles. The summed E-state index contributed by atoms with van der Waals surface area (Å²) in [6.45, 7) is 1.94. The number of nitrogen functional groups attached to an aromatic ring is 1. The lowest BCUT2D eigenvalue weighted by molar-refractivity contribution is -0.115. The van der Waals surface area contributed by atoms with Gasteiger partial charge in [0.15, 0.2) is 10.3 Å². The molecule has 0 aromatic carbocycles. The van der Waals surface area contributed by atoms with Gasteiger partial charge < -0.3 is 16.4 Å². The third-order valence-corrected chi connectivity index (χ3v) is 4.40. The van der Waals surface area contributed by atoms with Crippen LogP contribution < -0.4 is 16.4 Å². The van der Waals surface area contributed by atoms with Crippen LogP contribution in [0.3, 0.4) is 0 Å². The maximum absolute atomic E-state index is 12.0. The number of nitrogens with two attached hydrogens (primary N) is 1. The lowest BCUT2D eigenvalue weighted by atomic mass is 10.3. The second kappa shape index (κ2) is 6.71. The fourth-order valence-electron chi connectivity index (χ4n) is 1.82. The molecule has 0 aliphatic heterocycles. The molecule has 0 atom stereocenters. The number of amides is 1. The van der Waals surface area contributed by atoms with Crippen LogP contribution >= 0.6 is 22.7 Å². The molecule has 23 heavy (non-hydrogen) atoms. The summed E-state index contributed by atoms with van der Waals surface area (Å²) in [7, 11) is 0. The second-order valence-corrected chi connectivity index (χ2v) is 6.81. The van der Waals surface area contributed by atoms with Gasteiger partial charge in [0, 0.05) is 16.5 Å². The Labute approximate surface area is 140 Å². The maximum atomic E-state index is 12.0. The van der Waals surface area contributed by atoms with E-state index in [0.717, 1.165) is 4.88 Å². The average Bonchev–Trinajstić information content (AvgIpc) is 3.08. The molecule has 0 unspecified atom stereocenters. The zero-order valence-electron chi connectivity index (χ0n) is 12.2. The molecule has 9 heteroatoms. The van der Waals surface area contributed by atoms with Gasteiger partial charge in [0.05, 0.1) is 12.1 Å². The van der Waals surface area contributed by atoms with Crippen molar-refractivity contribution in [1.82, 2.24) is 15.0 Å². The summed E-state index contributed by atoms with van der Waals surface area (Å²) in [6, 6.07) is 5.32. The molecule has 0 radical (unpaired) electrons. The third kappa shape index (κ3) is 4.24. The molecule has 0 bridgehead atoms. The molecule has 3 aromatic rings. The lowest BCUT2D eigenvalue weighted by Gasteiger charge is -2.02. The van der Waals surface area contributed by atoms with Crippen molar-refractivity contribution in [1.29, 1.82) is 0 Å². The van der Waals surface area contributed by atoms with Crippen LogP contribution in [0.15, 0.2) is 29.8 Å². The highest BCUT2D eigenvalue weighted by molar-refractivity contribution is 7.15. The number of carbonyl (C=O) groups is 1. The molecule has 0 fully saturated rings.